The van der Waals surface area contributed by atoms with Gasteiger partial charge in [0.15, 0.2) is 0 Å². The van der Waals surface area contributed by atoms with Crippen molar-refractivity contribution >= 4 is 22.6 Å². The molecule has 0 spiro atoms. The smallest absolute Gasteiger partial charge is 0.275 e. The topological polar surface area (TPSA) is 54.9 Å². The molecule has 0 aliphatic heterocycles. The van der Waals surface area contributed by atoms with Crippen molar-refractivity contribution in [3.8, 4) is 0 Å². The van der Waals surface area contributed by atoms with Gasteiger partial charge in [-0.05, 0) is 36.4 Å². The van der Waals surface area contributed by atoms with E-state index >= 15 is 0 Å². The van der Waals surface area contributed by atoms with Gasteiger partial charge in [0.1, 0.15) is 17.3 Å². The highest BCUT2D eigenvalue weighted by Crippen LogP contribution is 2.14. The van der Waals surface area contributed by atoms with Crippen LogP contribution in [0.5, 0.6) is 0 Å². The standard InChI is InChI=1S/C15H10FN3O/c16-11-5-7-12-10(9-11)4-6-13(18-12)15(20)19-14-3-1-2-8-17-14/h1-9H,(H,17,19,20). The van der Waals surface area contributed by atoms with Gasteiger partial charge in [-0.25, -0.2) is 14.4 Å². The average Bonchev–Trinajstić information content (AvgIpc) is 2.47. The highest BCUT2D eigenvalue weighted by atomic mass is 19.1. The molecule has 98 valence electrons. The molecule has 0 saturated heterocycles. The number of carbonyl (C=O) groups is 1. The average molecular weight is 267 g/mol. The van der Waals surface area contributed by atoms with Crippen LogP contribution in [-0.4, -0.2) is 15.9 Å². The molecule has 0 aliphatic rings. The van der Waals surface area contributed by atoms with Crippen LogP contribution in [0.15, 0.2) is 54.7 Å². The Balaban J connectivity index is 1.90. The number of pyridine rings is 2. The van der Waals surface area contributed by atoms with Crippen LogP contribution in [0.2, 0.25) is 0 Å². The number of hydrogen-bond acceptors (Lipinski definition) is 3. The normalized spacial score (nSPS) is 10.4. The van der Waals surface area contributed by atoms with Gasteiger partial charge in [0.2, 0.25) is 0 Å². The predicted molar refractivity (Wildman–Crippen MR) is 73.9 cm³/mol. The van der Waals surface area contributed by atoms with Gasteiger partial charge in [-0.3, -0.25) is 4.79 Å². The fourth-order valence-corrected chi connectivity index (χ4v) is 1.84. The Hall–Kier alpha value is -2.82. The molecule has 3 rings (SSSR count). The van der Waals surface area contributed by atoms with E-state index in [1.807, 2.05) is 0 Å². The Morgan fingerprint density at radius 2 is 2.00 bits per heavy atom. The molecule has 0 radical (unpaired) electrons. The number of carbonyl (C=O) groups excluding carboxylic acids is 1. The summed E-state index contributed by atoms with van der Waals surface area (Å²) in [6, 6.07) is 12.7. The van der Waals surface area contributed by atoms with E-state index in [0.717, 1.165) is 0 Å². The van der Waals surface area contributed by atoms with E-state index in [9.17, 15) is 9.18 Å². The second-order valence-electron chi connectivity index (χ2n) is 4.20. The third-order valence-corrected chi connectivity index (χ3v) is 2.79. The Morgan fingerprint density at radius 3 is 2.80 bits per heavy atom. The first-order valence-electron chi connectivity index (χ1n) is 6.01. The summed E-state index contributed by atoms with van der Waals surface area (Å²) in [5.74, 6) is -0.224. The molecule has 1 amide bonds. The first-order chi connectivity index (χ1) is 9.72. The monoisotopic (exact) mass is 267 g/mol. The van der Waals surface area contributed by atoms with Gasteiger partial charge in [0.05, 0.1) is 5.52 Å². The van der Waals surface area contributed by atoms with Crippen molar-refractivity contribution in [1.82, 2.24) is 9.97 Å². The zero-order chi connectivity index (χ0) is 13.9. The first kappa shape index (κ1) is 12.2. The lowest BCUT2D eigenvalue weighted by Crippen LogP contribution is -2.14. The Kier molecular flexibility index (Phi) is 3.09. The zero-order valence-electron chi connectivity index (χ0n) is 10.4. The SMILES string of the molecule is O=C(Nc1ccccn1)c1ccc2cc(F)ccc2n1. The number of aromatic nitrogens is 2. The van der Waals surface area contributed by atoms with Gasteiger partial charge < -0.3 is 5.32 Å². The number of amides is 1. The molecule has 20 heavy (non-hydrogen) atoms. The number of nitrogens with zero attached hydrogens (tertiary/aromatic N) is 2. The number of halogens is 1. The summed E-state index contributed by atoms with van der Waals surface area (Å²) in [6.45, 7) is 0. The minimum absolute atomic E-state index is 0.259. The van der Waals surface area contributed by atoms with Crippen molar-refractivity contribution in [3.05, 3.63) is 66.2 Å². The maximum atomic E-state index is 13.1. The van der Waals surface area contributed by atoms with Crippen LogP contribution < -0.4 is 5.32 Å². The van der Waals surface area contributed by atoms with Crippen molar-refractivity contribution in [2.24, 2.45) is 0 Å². The minimum Gasteiger partial charge on any atom is -0.305 e. The van der Waals surface area contributed by atoms with E-state index in [4.69, 9.17) is 0 Å². The Morgan fingerprint density at radius 1 is 1.10 bits per heavy atom. The summed E-state index contributed by atoms with van der Waals surface area (Å²) >= 11 is 0. The number of rotatable bonds is 2. The summed E-state index contributed by atoms with van der Waals surface area (Å²) < 4.78 is 13.1. The maximum absolute atomic E-state index is 13.1. The van der Waals surface area contributed by atoms with Gasteiger partial charge in [-0.1, -0.05) is 12.1 Å². The largest absolute Gasteiger partial charge is 0.305 e. The van der Waals surface area contributed by atoms with Gasteiger partial charge in [0, 0.05) is 11.6 Å². The van der Waals surface area contributed by atoms with E-state index in [1.54, 1.807) is 42.6 Å². The van der Waals surface area contributed by atoms with Crippen LogP contribution in [0, 0.1) is 5.82 Å². The summed E-state index contributed by atoms with van der Waals surface area (Å²) in [4.78, 5) is 20.3. The van der Waals surface area contributed by atoms with Crippen molar-refractivity contribution < 1.29 is 9.18 Å². The fraction of sp³-hybridized carbons (Fsp3) is 0. The second kappa shape index (κ2) is 5.05. The number of fused-ring (bicyclic) bond motifs is 1. The van der Waals surface area contributed by atoms with Gasteiger partial charge in [-0.15, -0.1) is 0 Å². The molecule has 0 unspecified atom stereocenters. The Bertz CT molecular complexity index is 774. The Labute approximate surface area is 114 Å². The predicted octanol–water partition coefficient (Wildman–Crippen LogP) is 3.02. The van der Waals surface area contributed by atoms with Crippen LogP contribution in [0.1, 0.15) is 10.5 Å². The summed E-state index contributed by atoms with van der Waals surface area (Å²) in [6.07, 6.45) is 1.59. The summed E-state index contributed by atoms with van der Waals surface area (Å²) in [5, 5.41) is 3.30. The van der Waals surface area contributed by atoms with E-state index in [-0.39, 0.29) is 17.4 Å². The minimum atomic E-state index is -0.352. The first-order valence-corrected chi connectivity index (χ1v) is 6.01. The van der Waals surface area contributed by atoms with Crippen molar-refractivity contribution in [2.45, 2.75) is 0 Å². The van der Waals surface area contributed by atoms with Gasteiger partial charge in [-0.2, -0.15) is 0 Å². The fourth-order valence-electron chi connectivity index (χ4n) is 1.84. The van der Waals surface area contributed by atoms with Gasteiger partial charge >= 0.3 is 0 Å². The van der Waals surface area contributed by atoms with E-state index < -0.39 is 0 Å². The van der Waals surface area contributed by atoms with E-state index in [1.165, 1.54) is 12.1 Å². The summed E-state index contributed by atoms with van der Waals surface area (Å²) in [5.41, 5.74) is 0.829. The maximum Gasteiger partial charge on any atom is 0.275 e. The zero-order valence-corrected chi connectivity index (χ0v) is 10.4. The van der Waals surface area contributed by atoms with Crippen LogP contribution in [0.25, 0.3) is 10.9 Å². The number of benzene rings is 1. The molecule has 0 saturated carbocycles. The second-order valence-corrected chi connectivity index (χ2v) is 4.20. The molecule has 1 aromatic carbocycles. The quantitative estimate of drug-likeness (QED) is 0.776. The molecule has 3 aromatic rings. The third kappa shape index (κ3) is 2.47. The van der Waals surface area contributed by atoms with Crippen LogP contribution in [0.4, 0.5) is 10.2 Å². The lowest BCUT2D eigenvalue weighted by Gasteiger charge is -2.04. The van der Waals surface area contributed by atoms with Crippen molar-refractivity contribution in [1.29, 1.82) is 0 Å². The molecule has 5 heteroatoms. The molecule has 0 fully saturated rings. The molecule has 2 heterocycles. The third-order valence-electron chi connectivity index (χ3n) is 2.79. The lowest BCUT2D eigenvalue weighted by atomic mass is 10.2. The van der Waals surface area contributed by atoms with E-state index in [0.29, 0.717) is 16.7 Å². The molecule has 1 N–H and O–H groups in total. The van der Waals surface area contributed by atoms with Gasteiger partial charge in [0.25, 0.3) is 5.91 Å². The van der Waals surface area contributed by atoms with Crippen molar-refractivity contribution in [2.75, 3.05) is 5.32 Å². The van der Waals surface area contributed by atoms with Crippen molar-refractivity contribution in [3.63, 3.8) is 0 Å². The molecule has 0 bridgehead atoms. The number of nitrogens with one attached hydrogen (secondary N) is 1. The van der Waals surface area contributed by atoms with Crippen LogP contribution >= 0.6 is 0 Å². The number of hydrogen-bond donors (Lipinski definition) is 1. The summed E-state index contributed by atoms with van der Waals surface area (Å²) in [7, 11) is 0. The highest BCUT2D eigenvalue weighted by Gasteiger charge is 2.09. The molecule has 0 aliphatic carbocycles. The highest BCUT2D eigenvalue weighted by molar-refractivity contribution is 6.03. The molecule has 0 atom stereocenters. The molecule has 2 aromatic heterocycles. The number of anilines is 1. The van der Waals surface area contributed by atoms with Crippen LogP contribution in [0.3, 0.4) is 0 Å². The lowest BCUT2D eigenvalue weighted by molar-refractivity contribution is 0.102. The molecular weight excluding hydrogens is 257 g/mol. The molecule has 4 nitrogen and oxygen atoms in total. The van der Waals surface area contributed by atoms with E-state index in [2.05, 4.69) is 15.3 Å². The van der Waals surface area contributed by atoms with Crippen LogP contribution in [-0.2, 0) is 0 Å². The molecular formula is C15H10FN3O.